The molecule has 4 heteroatoms. The summed E-state index contributed by atoms with van der Waals surface area (Å²) in [5.41, 5.74) is 0.931. The molecule has 16 heavy (non-hydrogen) atoms. The van der Waals surface area contributed by atoms with Crippen molar-refractivity contribution in [3.05, 3.63) is 35.1 Å². The van der Waals surface area contributed by atoms with Gasteiger partial charge in [-0.05, 0) is 25.5 Å². The number of benzene rings is 1. The number of rotatable bonds is 4. The summed E-state index contributed by atoms with van der Waals surface area (Å²) in [5.74, 6) is -0.860. The van der Waals surface area contributed by atoms with Crippen LogP contribution in [0.4, 0.5) is 4.39 Å². The Hall–Kier alpha value is -1.42. The van der Waals surface area contributed by atoms with Gasteiger partial charge in [0.1, 0.15) is 5.82 Å². The first-order valence-corrected chi connectivity index (χ1v) is 5.18. The van der Waals surface area contributed by atoms with Crippen LogP contribution in [0.1, 0.15) is 22.3 Å². The van der Waals surface area contributed by atoms with Crippen molar-refractivity contribution in [2.24, 2.45) is 0 Å². The average molecular weight is 225 g/mol. The molecule has 0 unspecified atom stereocenters. The van der Waals surface area contributed by atoms with Crippen LogP contribution in [-0.4, -0.2) is 36.1 Å². The third kappa shape index (κ3) is 3.03. The summed E-state index contributed by atoms with van der Waals surface area (Å²) in [6, 6.07) is 4.45. The fourth-order valence-electron chi connectivity index (χ4n) is 1.42. The van der Waals surface area contributed by atoms with Gasteiger partial charge in [-0.15, -0.1) is 0 Å². The topological polar surface area (TPSA) is 40.5 Å². The van der Waals surface area contributed by atoms with Crippen molar-refractivity contribution >= 4 is 5.91 Å². The largest absolute Gasteiger partial charge is 0.396 e. The Morgan fingerprint density at radius 1 is 1.50 bits per heavy atom. The van der Waals surface area contributed by atoms with Crippen molar-refractivity contribution in [1.82, 2.24) is 4.90 Å². The molecule has 1 N–H and O–H groups in total. The maximum Gasteiger partial charge on any atom is 0.256 e. The van der Waals surface area contributed by atoms with E-state index in [0.717, 1.165) is 5.56 Å². The first-order chi connectivity index (χ1) is 7.56. The summed E-state index contributed by atoms with van der Waals surface area (Å²) in [4.78, 5) is 13.2. The molecule has 0 atom stereocenters. The number of hydrogen-bond acceptors (Lipinski definition) is 2. The molecular formula is C12H16FNO2. The van der Waals surface area contributed by atoms with Gasteiger partial charge in [-0.1, -0.05) is 11.6 Å². The van der Waals surface area contributed by atoms with E-state index in [1.807, 2.05) is 6.92 Å². The molecular weight excluding hydrogens is 209 g/mol. The lowest BCUT2D eigenvalue weighted by Gasteiger charge is -2.17. The van der Waals surface area contributed by atoms with Crippen LogP contribution in [0.15, 0.2) is 18.2 Å². The SMILES string of the molecule is Cc1ccc(F)c(C(=O)N(C)CCCO)c1. The summed E-state index contributed by atoms with van der Waals surface area (Å²) in [6.07, 6.45) is 0.496. The number of nitrogens with zero attached hydrogens (tertiary/aromatic N) is 1. The highest BCUT2D eigenvalue weighted by atomic mass is 19.1. The monoisotopic (exact) mass is 225 g/mol. The quantitative estimate of drug-likeness (QED) is 0.845. The maximum atomic E-state index is 13.4. The Balaban J connectivity index is 2.83. The lowest BCUT2D eigenvalue weighted by molar-refractivity contribution is 0.0781. The standard InChI is InChI=1S/C12H16FNO2/c1-9-4-5-11(13)10(8-9)12(16)14(2)6-3-7-15/h4-5,8,15H,3,6-7H2,1-2H3. The molecule has 3 nitrogen and oxygen atoms in total. The summed E-state index contributed by atoms with van der Waals surface area (Å²) >= 11 is 0. The number of hydrogen-bond donors (Lipinski definition) is 1. The number of aryl methyl sites for hydroxylation is 1. The van der Waals surface area contributed by atoms with Crippen LogP contribution >= 0.6 is 0 Å². The van der Waals surface area contributed by atoms with Gasteiger partial charge in [0.15, 0.2) is 0 Å². The highest BCUT2D eigenvalue weighted by molar-refractivity contribution is 5.94. The van der Waals surface area contributed by atoms with E-state index in [1.165, 1.54) is 17.0 Å². The highest BCUT2D eigenvalue weighted by Crippen LogP contribution is 2.12. The van der Waals surface area contributed by atoms with Gasteiger partial charge in [-0.2, -0.15) is 0 Å². The Bertz CT molecular complexity index is 379. The van der Waals surface area contributed by atoms with E-state index in [0.29, 0.717) is 13.0 Å². The second-order valence-corrected chi connectivity index (χ2v) is 3.79. The normalized spacial score (nSPS) is 10.2. The molecule has 0 saturated heterocycles. The molecule has 0 heterocycles. The smallest absolute Gasteiger partial charge is 0.256 e. The first-order valence-electron chi connectivity index (χ1n) is 5.18. The number of carbonyl (C=O) groups excluding carboxylic acids is 1. The van der Waals surface area contributed by atoms with Crippen molar-refractivity contribution in [3.8, 4) is 0 Å². The second-order valence-electron chi connectivity index (χ2n) is 3.79. The summed E-state index contributed by atoms with van der Waals surface area (Å²) in [5, 5.41) is 8.65. The average Bonchev–Trinajstić information content (AvgIpc) is 2.28. The third-order valence-corrected chi connectivity index (χ3v) is 2.35. The van der Waals surface area contributed by atoms with E-state index in [1.54, 1.807) is 13.1 Å². The van der Waals surface area contributed by atoms with Gasteiger partial charge in [-0.25, -0.2) is 4.39 Å². The molecule has 0 aliphatic carbocycles. The zero-order chi connectivity index (χ0) is 12.1. The zero-order valence-electron chi connectivity index (χ0n) is 9.53. The minimum absolute atomic E-state index is 0.0217. The Morgan fingerprint density at radius 3 is 2.81 bits per heavy atom. The third-order valence-electron chi connectivity index (χ3n) is 2.35. The van der Waals surface area contributed by atoms with E-state index >= 15 is 0 Å². The zero-order valence-corrected chi connectivity index (χ0v) is 9.53. The molecule has 0 aliphatic rings. The van der Waals surface area contributed by atoms with Gasteiger partial charge < -0.3 is 10.0 Å². The predicted molar refractivity (Wildman–Crippen MR) is 59.8 cm³/mol. The van der Waals surface area contributed by atoms with E-state index in [4.69, 9.17) is 5.11 Å². The lowest BCUT2D eigenvalue weighted by Crippen LogP contribution is -2.29. The minimum Gasteiger partial charge on any atom is -0.396 e. The van der Waals surface area contributed by atoms with Crippen LogP contribution in [-0.2, 0) is 0 Å². The fraction of sp³-hybridized carbons (Fsp3) is 0.417. The number of aliphatic hydroxyl groups is 1. The molecule has 0 bridgehead atoms. The number of aliphatic hydroxyl groups excluding tert-OH is 1. The van der Waals surface area contributed by atoms with Crippen LogP contribution in [0, 0.1) is 12.7 Å². The number of carbonyl (C=O) groups is 1. The highest BCUT2D eigenvalue weighted by Gasteiger charge is 2.15. The van der Waals surface area contributed by atoms with Gasteiger partial charge >= 0.3 is 0 Å². The van der Waals surface area contributed by atoms with Crippen LogP contribution < -0.4 is 0 Å². The van der Waals surface area contributed by atoms with Gasteiger partial charge in [-0.3, -0.25) is 4.79 Å². The Kier molecular flexibility index (Phi) is 4.43. The van der Waals surface area contributed by atoms with Gasteiger partial charge in [0.2, 0.25) is 0 Å². The van der Waals surface area contributed by atoms with E-state index < -0.39 is 5.82 Å². The van der Waals surface area contributed by atoms with Crippen molar-refractivity contribution < 1.29 is 14.3 Å². The van der Waals surface area contributed by atoms with Crippen molar-refractivity contribution in [2.45, 2.75) is 13.3 Å². The number of halogens is 1. The van der Waals surface area contributed by atoms with E-state index in [9.17, 15) is 9.18 Å². The van der Waals surface area contributed by atoms with Crippen molar-refractivity contribution in [3.63, 3.8) is 0 Å². The molecule has 0 spiro atoms. The molecule has 0 saturated carbocycles. The minimum atomic E-state index is -0.508. The maximum absolute atomic E-state index is 13.4. The molecule has 0 radical (unpaired) electrons. The molecule has 88 valence electrons. The number of amides is 1. The molecule has 1 aromatic carbocycles. The van der Waals surface area contributed by atoms with Gasteiger partial charge in [0.25, 0.3) is 5.91 Å². The van der Waals surface area contributed by atoms with Gasteiger partial charge in [0.05, 0.1) is 5.56 Å². The summed E-state index contributed by atoms with van der Waals surface area (Å²) < 4.78 is 13.4. The molecule has 1 amide bonds. The molecule has 0 aromatic heterocycles. The van der Waals surface area contributed by atoms with Crippen LogP contribution in [0.25, 0.3) is 0 Å². The van der Waals surface area contributed by atoms with Crippen LogP contribution in [0.3, 0.4) is 0 Å². The fourth-order valence-corrected chi connectivity index (χ4v) is 1.42. The predicted octanol–water partition coefficient (Wildman–Crippen LogP) is 1.59. The molecule has 0 fully saturated rings. The van der Waals surface area contributed by atoms with E-state index in [2.05, 4.69) is 0 Å². The summed E-state index contributed by atoms with van der Waals surface area (Å²) in [7, 11) is 1.60. The van der Waals surface area contributed by atoms with Crippen LogP contribution in [0.5, 0.6) is 0 Å². The van der Waals surface area contributed by atoms with E-state index in [-0.39, 0.29) is 18.1 Å². The van der Waals surface area contributed by atoms with Crippen LogP contribution in [0.2, 0.25) is 0 Å². The van der Waals surface area contributed by atoms with Crippen molar-refractivity contribution in [2.75, 3.05) is 20.2 Å². The lowest BCUT2D eigenvalue weighted by atomic mass is 10.1. The molecule has 1 rings (SSSR count). The molecule has 0 aliphatic heterocycles. The first kappa shape index (κ1) is 12.6. The summed E-state index contributed by atoms with van der Waals surface area (Å²) in [6.45, 7) is 2.25. The Labute approximate surface area is 94.5 Å². The Morgan fingerprint density at radius 2 is 2.19 bits per heavy atom. The second kappa shape index (κ2) is 5.61. The van der Waals surface area contributed by atoms with Gasteiger partial charge in [0, 0.05) is 20.2 Å². The molecule has 1 aromatic rings. The van der Waals surface area contributed by atoms with Crippen molar-refractivity contribution in [1.29, 1.82) is 0 Å².